The summed E-state index contributed by atoms with van der Waals surface area (Å²) in [4.78, 5) is 16.9. The maximum Gasteiger partial charge on any atom is 0.240 e. The average molecular weight is 434 g/mol. The van der Waals surface area contributed by atoms with E-state index in [1.807, 2.05) is 61.5 Å². The summed E-state index contributed by atoms with van der Waals surface area (Å²) >= 11 is 0. The van der Waals surface area contributed by atoms with E-state index >= 15 is 0 Å². The van der Waals surface area contributed by atoms with Crippen LogP contribution < -0.4 is 5.32 Å². The van der Waals surface area contributed by atoms with E-state index < -0.39 is 9.84 Å². The van der Waals surface area contributed by atoms with E-state index in [4.69, 9.17) is 0 Å². The van der Waals surface area contributed by atoms with E-state index in [1.54, 1.807) is 29.1 Å². The van der Waals surface area contributed by atoms with E-state index in [9.17, 15) is 13.2 Å². The van der Waals surface area contributed by atoms with Crippen LogP contribution in [0.4, 0.5) is 0 Å². The number of nitrogens with one attached hydrogen (secondary N) is 1. The largest absolute Gasteiger partial charge is 0.349 e. The summed E-state index contributed by atoms with van der Waals surface area (Å²) in [5, 5.41) is 3.45. The molecule has 4 rings (SSSR count). The lowest BCUT2D eigenvalue weighted by Crippen LogP contribution is -2.27. The van der Waals surface area contributed by atoms with Gasteiger partial charge in [0.2, 0.25) is 5.91 Å². The summed E-state index contributed by atoms with van der Waals surface area (Å²) in [7, 11) is -3.60. The van der Waals surface area contributed by atoms with Crippen molar-refractivity contribution in [3.8, 4) is 0 Å². The molecule has 0 unspecified atom stereocenters. The Morgan fingerprint density at radius 2 is 1.74 bits per heavy atom. The van der Waals surface area contributed by atoms with Gasteiger partial charge in [-0.2, -0.15) is 0 Å². The monoisotopic (exact) mass is 433 g/mol. The second-order valence-electron chi connectivity index (χ2n) is 7.42. The van der Waals surface area contributed by atoms with E-state index in [-0.39, 0.29) is 23.1 Å². The molecule has 1 amide bonds. The predicted molar refractivity (Wildman–Crippen MR) is 120 cm³/mol. The Balaban J connectivity index is 1.60. The van der Waals surface area contributed by atoms with Crippen molar-refractivity contribution in [2.45, 2.75) is 30.7 Å². The molecule has 4 aromatic rings. The summed E-state index contributed by atoms with van der Waals surface area (Å²) in [6, 6.07) is 20.2. The maximum absolute atomic E-state index is 13.3. The Morgan fingerprint density at radius 3 is 2.52 bits per heavy atom. The van der Waals surface area contributed by atoms with Crippen LogP contribution in [0.15, 0.2) is 84.0 Å². The van der Waals surface area contributed by atoms with Crippen LogP contribution in [0.5, 0.6) is 0 Å². The molecular formula is C24H23N3O3S. The number of fused-ring (bicyclic) bond motifs is 1. The van der Waals surface area contributed by atoms with Crippen LogP contribution in [-0.4, -0.2) is 23.9 Å². The van der Waals surface area contributed by atoms with Gasteiger partial charge in [-0.25, -0.2) is 8.42 Å². The lowest BCUT2D eigenvalue weighted by Gasteiger charge is -2.07. The molecule has 0 saturated heterocycles. The average Bonchev–Trinajstić information content (AvgIpc) is 3.14. The van der Waals surface area contributed by atoms with Crippen molar-refractivity contribution in [1.29, 1.82) is 0 Å². The van der Waals surface area contributed by atoms with Crippen molar-refractivity contribution < 1.29 is 13.2 Å². The minimum Gasteiger partial charge on any atom is -0.349 e. The molecule has 0 radical (unpaired) electrons. The number of sulfone groups is 1. The van der Waals surface area contributed by atoms with E-state index in [0.29, 0.717) is 17.4 Å². The van der Waals surface area contributed by atoms with Gasteiger partial charge >= 0.3 is 0 Å². The van der Waals surface area contributed by atoms with Gasteiger partial charge in [0, 0.05) is 23.3 Å². The first kappa shape index (κ1) is 20.8. The van der Waals surface area contributed by atoms with Crippen LogP contribution in [0.3, 0.4) is 0 Å². The Hall–Kier alpha value is -3.45. The standard InChI is InChI=1S/C24H23N3O3S/c1-18-8-2-3-9-19(18)17-31(29,30)23-15-27(22-12-5-4-11-21(22)23)16-24(28)26-14-20-10-6-7-13-25-20/h2-13,15H,14,16-17H2,1H3,(H,26,28). The van der Waals surface area contributed by atoms with Crippen LogP contribution in [0.1, 0.15) is 16.8 Å². The highest BCUT2D eigenvalue weighted by molar-refractivity contribution is 7.90. The number of aryl methyl sites for hydroxylation is 1. The number of benzene rings is 2. The maximum atomic E-state index is 13.3. The highest BCUT2D eigenvalue weighted by Crippen LogP contribution is 2.28. The minimum absolute atomic E-state index is 0.0211. The van der Waals surface area contributed by atoms with Gasteiger partial charge in [0.25, 0.3) is 0 Å². The van der Waals surface area contributed by atoms with Crippen LogP contribution >= 0.6 is 0 Å². The van der Waals surface area contributed by atoms with Gasteiger partial charge in [-0.3, -0.25) is 9.78 Å². The summed E-state index contributed by atoms with van der Waals surface area (Å²) < 4.78 is 28.2. The summed E-state index contributed by atoms with van der Waals surface area (Å²) in [6.07, 6.45) is 3.24. The topological polar surface area (TPSA) is 81.1 Å². The molecular weight excluding hydrogens is 410 g/mol. The number of aromatic nitrogens is 2. The van der Waals surface area contributed by atoms with Crippen LogP contribution in [-0.2, 0) is 33.5 Å². The van der Waals surface area contributed by atoms with Gasteiger partial charge in [0.1, 0.15) is 6.54 Å². The second kappa shape index (κ2) is 8.73. The number of para-hydroxylation sites is 1. The lowest BCUT2D eigenvalue weighted by atomic mass is 10.1. The summed E-state index contributed by atoms with van der Waals surface area (Å²) in [5.41, 5.74) is 3.17. The smallest absolute Gasteiger partial charge is 0.240 e. The Bertz CT molecular complexity index is 1330. The van der Waals surface area contributed by atoms with E-state index in [0.717, 1.165) is 16.8 Å². The minimum atomic E-state index is -3.60. The zero-order chi connectivity index (χ0) is 21.8. The van der Waals surface area contributed by atoms with Crippen LogP contribution in [0.2, 0.25) is 0 Å². The third-order valence-corrected chi connectivity index (χ3v) is 6.89. The van der Waals surface area contributed by atoms with Crippen molar-refractivity contribution in [1.82, 2.24) is 14.9 Å². The molecule has 0 aliphatic carbocycles. The quantitative estimate of drug-likeness (QED) is 0.483. The molecule has 0 spiro atoms. The Morgan fingerprint density at radius 1 is 1.00 bits per heavy atom. The number of pyridine rings is 1. The zero-order valence-electron chi connectivity index (χ0n) is 17.2. The molecule has 2 aromatic heterocycles. The molecule has 0 bridgehead atoms. The first-order chi connectivity index (χ1) is 14.9. The fraction of sp³-hybridized carbons (Fsp3) is 0.167. The number of rotatable bonds is 7. The molecule has 0 aliphatic rings. The van der Waals surface area contributed by atoms with Crippen molar-refractivity contribution in [3.05, 3.63) is 95.9 Å². The Labute approximate surface area is 181 Å². The summed E-state index contributed by atoms with van der Waals surface area (Å²) in [5.74, 6) is -0.297. The molecule has 7 heteroatoms. The molecule has 0 saturated carbocycles. The zero-order valence-corrected chi connectivity index (χ0v) is 18.0. The summed E-state index contributed by atoms with van der Waals surface area (Å²) in [6.45, 7) is 2.24. The normalized spacial score (nSPS) is 11.5. The van der Waals surface area contributed by atoms with Crippen LogP contribution in [0, 0.1) is 6.92 Å². The van der Waals surface area contributed by atoms with E-state index in [1.165, 1.54) is 0 Å². The Kier molecular flexibility index (Phi) is 5.86. The number of carbonyl (C=O) groups excluding carboxylic acids is 1. The first-order valence-corrected chi connectivity index (χ1v) is 11.6. The highest BCUT2D eigenvalue weighted by Gasteiger charge is 2.23. The third-order valence-electron chi connectivity index (χ3n) is 5.20. The van der Waals surface area contributed by atoms with Gasteiger partial charge in [-0.15, -0.1) is 0 Å². The molecule has 31 heavy (non-hydrogen) atoms. The molecule has 0 fully saturated rings. The molecule has 0 aliphatic heterocycles. The fourth-order valence-electron chi connectivity index (χ4n) is 3.55. The molecule has 2 heterocycles. The SMILES string of the molecule is Cc1ccccc1CS(=O)(=O)c1cn(CC(=O)NCc2ccccn2)c2ccccc12. The van der Waals surface area contributed by atoms with Gasteiger partial charge in [0.05, 0.1) is 22.9 Å². The van der Waals surface area contributed by atoms with Gasteiger partial charge in [-0.05, 0) is 36.2 Å². The number of hydrogen-bond donors (Lipinski definition) is 1. The highest BCUT2D eigenvalue weighted by atomic mass is 32.2. The molecule has 6 nitrogen and oxygen atoms in total. The van der Waals surface area contributed by atoms with Gasteiger partial charge in [0.15, 0.2) is 9.84 Å². The van der Waals surface area contributed by atoms with Crippen molar-refractivity contribution in [2.24, 2.45) is 0 Å². The van der Waals surface area contributed by atoms with E-state index in [2.05, 4.69) is 10.3 Å². The van der Waals surface area contributed by atoms with Crippen molar-refractivity contribution >= 4 is 26.6 Å². The predicted octanol–water partition coefficient (Wildman–Crippen LogP) is 3.64. The fourth-order valence-corrected chi connectivity index (χ4v) is 5.23. The second-order valence-corrected chi connectivity index (χ2v) is 9.38. The molecule has 2 aromatic carbocycles. The number of amides is 1. The number of carbonyl (C=O) groups is 1. The third kappa shape index (κ3) is 4.67. The van der Waals surface area contributed by atoms with Gasteiger partial charge in [-0.1, -0.05) is 48.5 Å². The van der Waals surface area contributed by atoms with Crippen molar-refractivity contribution in [3.63, 3.8) is 0 Å². The van der Waals surface area contributed by atoms with Crippen molar-refractivity contribution in [2.75, 3.05) is 0 Å². The van der Waals surface area contributed by atoms with Crippen LogP contribution in [0.25, 0.3) is 10.9 Å². The molecule has 1 N–H and O–H groups in total. The molecule has 158 valence electrons. The number of hydrogen-bond acceptors (Lipinski definition) is 4. The number of nitrogens with zero attached hydrogens (tertiary/aromatic N) is 2. The molecule has 0 atom stereocenters. The van der Waals surface area contributed by atoms with Gasteiger partial charge < -0.3 is 9.88 Å². The first-order valence-electron chi connectivity index (χ1n) is 9.96. The lowest BCUT2D eigenvalue weighted by molar-refractivity contribution is -0.121.